The van der Waals surface area contributed by atoms with E-state index in [4.69, 9.17) is 9.72 Å². The standard InChI is InChI=1S/C22H25N3O2S2/c1-28-18-7-4-6-17(16-18)21(26)25(11-5-10-24-12-14-27-15-13-24)22-23-19-8-2-3-9-20(19)29-22/h2-4,6-9,16H,5,10-15H2,1H3. The number of amides is 1. The summed E-state index contributed by atoms with van der Waals surface area (Å²) in [6, 6.07) is 15.9. The molecule has 1 saturated heterocycles. The number of morpholine rings is 1. The number of thioether (sulfide) groups is 1. The molecule has 0 aliphatic carbocycles. The fourth-order valence-electron chi connectivity index (χ4n) is 3.45. The number of benzene rings is 2. The number of hydrogen-bond acceptors (Lipinski definition) is 6. The van der Waals surface area contributed by atoms with Crippen LogP contribution in [0.2, 0.25) is 0 Å². The molecule has 2 aromatic carbocycles. The van der Waals surface area contributed by atoms with Gasteiger partial charge in [0, 0.05) is 36.6 Å². The Morgan fingerprint density at radius 3 is 2.83 bits per heavy atom. The van der Waals surface area contributed by atoms with Crippen molar-refractivity contribution in [3.8, 4) is 0 Å². The van der Waals surface area contributed by atoms with Gasteiger partial charge in [0.2, 0.25) is 0 Å². The average Bonchev–Trinajstić information content (AvgIpc) is 3.21. The van der Waals surface area contributed by atoms with Crippen LogP contribution in [0.4, 0.5) is 5.13 Å². The molecule has 1 aromatic heterocycles. The molecular formula is C22H25N3O2S2. The number of hydrogen-bond donors (Lipinski definition) is 0. The zero-order valence-electron chi connectivity index (χ0n) is 16.5. The lowest BCUT2D eigenvalue weighted by molar-refractivity contribution is 0.0376. The van der Waals surface area contributed by atoms with Gasteiger partial charge in [-0.1, -0.05) is 29.5 Å². The van der Waals surface area contributed by atoms with E-state index in [0.29, 0.717) is 12.1 Å². The molecule has 5 nitrogen and oxygen atoms in total. The highest BCUT2D eigenvalue weighted by Crippen LogP contribution is 2.30. The van der Waals surface area contributed by atoms with Gasteiger partial charge in [0.15, 0.2) is 5.13 Å². The second kappa shape index (κ2) is 9.71. The van der Waals surface area contributed by atoms with Gasteiger partial charge in [-0.3, -0.25) is 14.6 Å². The van der Waals surface area contributed by atoms with Crippen LogP contribution in [0.5, 0.6) is 0 Å². The van der Waals surface area contributed by atoms with Crippen LogP contribution in [0, 0.1) is 0 Å². The molecule has 0 spiro atoms. The first kappa shape index (κ1) is 20.3. The van der Waals surface area contributed by atoms with E-state index in [1.54, 1.807) is 23.1 Å². The Kier molecular flexibility index (Phi) is 6.82. The zero-order chi connectivity index (χ0) is 20.1. The topological polar surface area (TPSA) is 45.7 Å². The van der Waals surface area contributed by atoms with Crippen LogP contribution in [0.15, 0.2) is 53.4 Å². The molecule has 0 N–H and O–H groups in total. The summed E-state index contributed by atoms with van der Waals surface area (Å²) in [5, 5.41) is 0.771. The average molecular weight is 428 g/mol. The predicted octanol–water partition coefficient (Wildman–Crippen LogP) is 4.39. The van der Waals surface area contributed by atoms with E-state index in [-0.39, 0.29) is 5.91 Å². The highest BCUT2D eigenvalue weighted by molar-refractivity contribution is 7.98. The number of aromatic nitrogens is 1. The normalized spacial score (nSPS) is 14.9. The van der Waals surface area contributed by atoms with E-state index in [1.807, 2.05) is 53.6 Å². The van der Waals surface area contributed by atoms with Gasteiger partial charge in [-0.25, -0.2) is 4.98 Å². The quantitative estimate of drug-likeness (QED) is 0.524. The SMILES string of the molecule is CSc1cccc(C(=O)N(CCCN2CCOCC2)c2nc3ccccc3s2)c1. The van der Waals surface area contributed by atoms with Gasteiger partial charge in [0.25, 0.3) is 5.91 Å². The number of rotatable bonds is 7. The number of fused-ring (bicyclic) bond motifs is 1. The summed E-state index contributed by atoms with van der Waals surface area (Å²) < 4.78 is 6.53. The van der Waals surface area contributed by atoms with Crippen molar-refractivity contribution < 1.29 is 9.53 Å². The Bertz CT molecular complexity index is 936. The molecule has 1 amide bonds. The first-order valence-corrected chi connectivity index (χ1v) is 11.9. The van der Waals surface area contributed by atoms with Crippen LogP contribution in [-0.4, -0.2) is 61.4 Å². The maximum atomic E-state index is 13.4. The number of anilines is 1. The summed E-state index contributed by atoms with van der Waals surface area (Å²) in [6.07, 6.45) is 2.93. The minimum atomic E-state index is 0.0157. The van der Waals surface area contributed by atoms with E-state index in [9.17, 15) is 4.79 Å². The molecule has 0 atom stereocenters. The number of carbonyl (C=O) groups is 1. The molecular weight excluding hydrogens is 402 g/mol. The minimum absolute atomic E-state index is 0.0157. The first-order valence-electron chi connectivity index (χ1n) is 9.86. The van der Waals surface area contributed by atoms with Crippen molar-refractivity contribution in [2.24, 2.45) is 0 Å². The summed E-state index contributed by atoms with van der Waals surface area (Å²) >= 11 is 3.23. The van der Waals surface area contributed by atoms with Crippen LogP contribution in [0.25, 0.3) is 10.2 Å². The van der Waals surface area contributed by atoms with E-state index in [2.05, 4.69) is 11.0 Å². The second-order valence-electron chi connectivity index (χ2n) is 6.96. The van der Waals surface area contributed by atoms with Crippen LogP contribution in [0.3, 0.4) is 0 Å². The molecule has 1 aliphatic rings. The Labute approximate surface area is 179 Å². The lowest BCUT2D eigenvalue weighted by Gasteiger charge is -2.27. The van der Waals surface area contributed by atoms with Gasteiger partial charge in [-0.15, -0.1) is 11.8 Å². The molecule has 29 heavy (non-hydrogen) atoms. The van der Waals surface area contributed by atoms with Crippen molar-refractivity contribution in [2.45, 2.75) is 11.3 Å². The second-order valence-corrected chi connectivity index (χ2v) is 8.85. The van der Waals surface area contributed by atoms with Crippen molar-refractivity contribution in [1.29, 1.82) is 0 Å². The largest absolute Gasteiger partial charge is 0.379 e. The molecule has 4 rings (SSSR count). The smallest absolute Gasteiger partial charge is 0.260 e. The van der Waals surface area contributed by atoms with E-state index in [1.165, 1.54) is 0 Å². The monoisotopic (exact) mass is 427 g/mol. The molecule has 0 saturated carbocycles. The van der Waals surface area contributed by atoms with Crippen molar-refractivity contribution in [3.05, 3.63) is 54.1 Å². The maximum absolute atomic E-state index is 13.4. The summed E-state index contributed by atoms with van der Waals surface area (Å²) in [6.45, 7) is 5.13. The van der Waals surface area contributed by atoms with Crippen LogP contribution in [0.1, 0.15) is 16.8 Å². The van der Waals surface area contributed by atoms with Crippen LogP contribution < -0.4 is 4.90 Å². The third-order valence-electron chi connectivity index (χ3n) is 5.04. The van der Waals surface area contributed by atoms with E-state index in [0.717, 1.165) is 59.5 Å². The summed E-state index contributed by atoms with van der Waals surface area (Å²) in [4.78, 5) is 23.5. The Hall–Kier alpha value is -1.93. The molecule has 0 radical (unpaired) electrons. The fourth-order valence-corrected chi connectivity index (χ4v) is 4.90. The Morgan fingerprint density at radius 1 is 1.21 bits per heavy atom. The first-order chi connectivity index (χ1) is 14.2. The third-order valence-corrected chi connectivity index (χ3v) is 6.82. The van der Waals surface area contributed by atoms with E-state index < -0.39 is 0 Å². The van der Waals surface area contributed by atoms with Gasteiger partial charge >= 0.3 is 0 Å². The number of carbonyl (C=O) groups excluding carboxylic acids is 1. The minimum Gasteiger partial charge on any atom is -0.379 e. The van der Waals surface area contributed by atoms with Gasteiger partial charge in [-0.05, 0) is 43.0 Å². The molecule has 7 heteroatoms. The predicted molar refractivity (Wildman–Crippen MR) is 121 cm³/mol. The molecule has 2 heterocycles. The fraction of sp³-hybridized carbons (Fsp3) is 0.364. The maximum Gasteiger partial charge on any atom is 0.260 e. The van der Waals surface area contributed by atoms with Crippen molar-refractivity contribution >= 4 is 44.4 Å². The Morgan fingerprint density at radius 2 is 2.03 bits per heavy atom. The number of nitrogens with zero attached hydrogens (tertiary/aromatic N) is 3. The number of thiazole rings is 1. The van der Waals surface area contributed by atoms with Crippen LogP contribution in [-0.2, 0) is 4.74 Å². The highest BCUT2D eigenvalue weighted by Gasteiger charge is 2.22. The van der Waals surface area contributed by atoms with Gasteiger partial charge in [-0.2, -0.15) is 0 Å². The molecule has 0 bridgehead atoms. The van der Waals surface area contributed by atoms with Gasteiger partial charge in [0.1, 0.15) is 0 Å². The summed E-state index contributed by atoms with van der Waals surface area (Å²) in [5.41, 5.74) is 1.65. The third kappa shape index (κ3) is 4.98. The highest BCUT2D eigenvalue weighted by atomic mass is 32.2. The molecule has 1 aliphatic heterocycles. The van der Waals surface area contributed by atoms with Gasteiger partial charge < -0.3 is 4.74 Å². The molecule has 152 valence electrons. The molecule has 3 aromatic rings. The van der Waals surface area contributed by atoms with Crippen molar-refractivity contribution in [3.63, 3.8) is 0 Å². The summed E-state index contributed by atoms with van der Waals surface area (Å²) in [5.74, 6) is 0.0157. The van der Waals surface area contributed by atoms with E-state index >= 15 is 0 Å². The lowest BCUT2D eigenvalue weighted by atomic mass is 10.2. The lowest BCUT2D eigenvalue weighted by Crippen LogP contribution is -2.39. The Balaban J connectivity index is 1.56. The zero-order valence-corrected chi connectivity index (χ0v) is 18.2. The number of para-hydroxylation sites is 1. The van der Waals surface area contributed by atoms with Crippen LogP contribution >= 0.6 is 23.1 Å². The van der Waals surface area contributed by atoms with Crippen molar-refractivity contribution in [2.75, 3.05) is 50.5 Å². The number of ether oxygens (including phenoxy) is 1. The molecule has 0 unspecified atom stereocenters. The summed E-state index contributed by atoms with van der Waals surface area (Å²) in [7, 11) is 0. The molecule has 1 fully saturated rings. The van der Waals surface area contributed by atoms with Crippen molar-refractivity contribution in [1.82, 2.24) is 9.88 Å². The van der Waals surface area contributed by atoms with Gasteiger partial charge in [0.05, 0.1) is 23.4 Å².